The molecule has 3 aromatic rings. The zero-order valence-corrected chi connectivity index (χ0v) is 16.8. The number of hydrogen-bond acceptors (Lipinski definition) is 7. The van der Waals surface area contributed by atoms with Gasteiger partial charge in [0.2, 0.25) is 0 Å². The summed E-state index contributed by atoms with van der Waals surface area (Å²) in [5, 5.41) is 22.0. The molecule has 27 heavy (non-hydrogen) atoms. The fraction of sp³-hybridized carbons (Fsp3) is 0.526. The van der Waals surface area contributed by atoms with Gasteiger partial charge in [0.15, 0.2) is 5.79 Å². The van der Waals surface area contributed by atoms with Gasteiger partial charge >= 0.3 is 0 Å². The molecule has 0 saturated heterocycles. The van der Waals surface area contributed by atoms with Gasteiger partial charge in [0, 0.05) is 24.2 Å². The maximum atomic E-state index is 8.08. The molecule has 0 radical (unpaired) electrons. The zero-order valence-electron chi connectivity index (χ0n) is 16.0. The van der Waals surface area contributed by atoms with Crippen molar-refractivity contribution < 1.29 is 10.2 Å². The summed E-state index contributed by atoms with van der Waals surface area (Å²) >= 11 is 1.66. The van der Waals surface area contributed by atoms with Gasteiger partial charge in [-0.2, -0.15) is 0 Å². The van der Waals surface area contributed by atoms with Crippen LogP contribution in [-0.4, -0.2) is 42.1 Å². The van der Waals surface area contributed by atoms with E-state index in [-0.39, 0.29) is 0 Å². The van der Waals surface area contributed by atoms with Crippen LogP contribution in [0.2, 0.25) is 0 Å². The molecule has 1 aliphatic rings. The third-order valence-electron chi connectivity index (χ3n) is 4.61. The minimum Gasteiger partial charge on any atom is -0.375 e. The minimum absolute atomic E-state index is 0.556. The van der Waals surface area contributed by atoms with Crippen molar-refractivity contribution in [2.45, 2.75) is 51.9 Å². The number of thiazole rings is 1. The molecule has 3 heterocycles. The van der Waals surface area contributed by atoms with Gasteiger partial charge in [-0.25, -0.2) is 9.97 Å². The number of aryl methyl sites for hydroxylation is 1. The highest BCUT2D eigenvalue weighted by atomic mass is 32.1. The van der Waals surface area contributed by atoms with Crippen molar-refractivity contribution in [3.63, 3.8) is 0 Å². The topological polar surface area (TPSA) is 96.1 Å². The molecule has 0 amide bonds. The quantitative estimate of drug-likeness (QED) is 0.592. The van der Waals surface area contributed by atoms with Gasteiger partial charge in [-0.3, -0.25) is 4.98 Å². The molecule has 0 unspecified atom stereocenters. The zero-order chi connectivity index (χ0) is 19.4. The Bertz CT molecular complexity index is 851. The van der Waals surface area contributed by atoms with Crippen LogP contribution in [0.3, 0.4) is 0 Å². The summed E-state index contributed by atoms with van der Waals surface area (Å²) in [4.78, 5) is 12.9. The number of fused-ring (bicyclic) bond motifs is 1. The molecule has 0 bridgehead atoms. The van der Waals surface area contributed by atoms with E-state index in [4.69, 9.17) is 10.2 Å². The van der Waals surface area contributed by atoms with Crippen LogP contribution in [0.5, 0.6) is 0 Å². The van der Waals surface area contributed by atoms with Crippen LogP contribution in [0.25, 0.3) is 11.0 Å². The number of anilines is 1. The number of nitrogens with one attached hydrogen (secondary N) is 1. The second-order valence-electron chi connectivity index (χ2n) is 7.49. The lowest BCUT2D eigenvalue weighted by molar-refractivity contribution is -0.127. The van der Waals surface area contributed by atoms with E-state index in [0.717, 1.165) is 17.9 Å². The first-order chi connectivity index (χ1) is 12.8. The maximum absolute atomic E-state index is 8.08. The first kappa shape index (κ1) is 19.7. The maximum Gasteiger partial charge on any atom is 0.156 e. The third-order valence-corrected chi connectivity index (χ3v) is 5.34. The second kappa shape index (κ2) is 8.33. The van der Waals surface area contributed by atoms with Gasteiger partial charge in [0.05, 0.1) is 17.4 Å². The van der Waals surface area contributed by atoms with Gasteiger partial charge in [-0.15, -0.1) is 11.3 Å². The Morgan fingerprint density at radius 2 is 2.07 bits per heavy atom. The van der Waals surface area contributed by atoms with E-state index in [1.807, 2.05) is 18.6 Å². The lowest BCUT2D eigenvalue weighted by atomic mass is 10.1. The smallest absolute Gasteiger partial charge is 0.156 e. The molecule has 1 fully saturated rings. The number of hydrogen-bond donors (Lipinski definition) is 3. The standard InChI is InChI=1S/C16H19N5S.C3H8O2/c1-11-14-4-5-21(16(14)20-9-19-11)13-3-2-12(6-13)7-18-15-8-17-10-22-15;1-3(2,4)5/h4-5,8-10,12-13,18H,2-3,6-7H2,1H3;4-5H,1-2H3/t12-,13+;/m1./s1. The predicted molar refractivity (Wildman–Crippen MR) is 108 cm³/mol. The number of aliphatic hydroxyl groups is 2. The average molecular weight is 390 g/mol. The summed E-state index contributed by atoms with van der Waals surface area (Å²) in [5.74, 6) is -0.785. The molecule has 1 saturated carbocycles. The molecule has 3 aromatic heterocycles. The van der Waals surface area contributed by atoms with E-state index in [1.165, 1.54) is 43.5 Å². The van der Waals surface area contributed by atoms with Gasteiger partial charge < -0.3 is 20.1 Å². The second-order valence-corrected chi connectivity index (χ2v) is 8.38. The Morgan fingerprint density at radius 1 is 1.30 bits per heavy atom. The summed E-state index contributed by atoms with van der Waals surface area (Å²) in [6, 6.07) is 2.70. The molecule has 2 atom stereocenters. The normalized spacial score (nSPS) is 19.7. The Balaban J connectivity index is 0.000000376. The van der Waals surface area contributed by atoms with Crippen LogP contribution >= 0.6 is 11.3 Å². The summed E-state index contributed by atoms with van der Waals surface area (Å²) in [6.07, 6.45) is 9.44. The van der Waals surface area contributed by atoms with Crippen molar-refractivity contribution in [2.24, 2.45) is 5.92 Å². The van der Waals surface area contributed by atoms with Gasteiger partial charge in [-0.1, -0.05) is 0 Å². The van der Waals surface area contributed by atoms with Crippen molar-refractivity contribution in [3.8, 4) is 0 Å². The van der Waals surface area contributed by atoms with E-state index in [0.29, 0.717) is 12.0 Å². The summed E-state index contributed by atoms with van der Waals surface area (Å²) < 4.78 is 2.34. The third kappa shape index (κ3) is 5.47. The van der Waals surface area contributed by atoms with Crippen LogP contribution in [0.1, 0.15) is 44.8 Å². The molecule has 146 valence electrons. The van der Waals surface area contributed by atoms with E-state index in [9.17, 15) is 0 Å². The Hall–Kier alpha value is -2.03. The molecule has 4 rings (SSSR count). The van der Waals surface area contributed by atoms with E-state index >= 15 is 0 Å². The molecule has 3 N–H and O–H groups in total. The van der Waals surface area contributed by atoms with Crippen LogP contribution in [0.15, 0.2) is 30.3 Å². The molecule has 7 nitrogen and oxygen atoms in total. The number of aromatic nitrogens is 4. The van der Waals surface area contributed by atoms with Crippen molar-refractivity contribution in [1.29, 1.82) is 0 Å². The van der Waals surface area contributed by atoms with Crippen LogP contribution in [0, 0.1) is 12.8 Å². The van der Waals surface area contributed by atoms with Crippen molar-refractivity contribution in [1.82, 2.24) is 19.5 Å². The molecule has 8 heteroatoms. The monoisotopic (exact) mass is 389 g/mol. The summed E-state index contributed by atoms with van der Waals surface area (Å²) in [6.45, 7) is 5.68. The summed E-state index contributed by atoms with van der Waals surface area (Å²) in [5.41, 5.74) is 4.01. The largest absolute Gasteiger partial charge is 0.375 e. The first-order valence-electron chi connectivity index (χ1n) is 9.16. The molecular formula is C19H27N5O2S. The van der Waals surface area contributed by atoms with Gasteiger partial charge in [-0.05, 0) is 52.0 Å². The fourth-order valence-electron chi connectivity index (χ4n) is 3.43. The molecule has 1 aliphatic carbocycles. The molecule has 0 aliphatic heterocycles. The van der Waals surface area contributed by atoms with Gasteiger partial charge in [0.25, 0.3) is 0 Å². The molecule has 0 aromatic carbocycles. The first-order valence-corrected chi connectivity index (χ1v) is 10.0. The molecule has 0 spiro atoms. The lowest BCUT2D eigenvalue weighted by Crippen LogP contribution is -2.15. The fourth-order valence-corrected chi connectivity index (χ4v) is 3.95. The van der Waals surface area contributed by atoms with E-state index < -0.39 is 5.79 Å². The van der Waals surface area contributed by atoms with Crippen molar-refractivity contribution in [3.05, 3.63) is 36.0 Å². The highest BCUT2D eigenvalue weighted by molar-refractivity contribution is 7.13. The van der Waals surface area contributed by atoms with Crippen molar-refractivity contribution >= 4 is 27.4 Å². The Labute approximate surface area is 163 Å². The average Bonchev–Trinajstić information content (AvgIpc) is 3.32. The predicted octanol–water partition coefficient (Wildman–Crippen LogP) is 3.36. The Morgan fingerprint density at radius 3 is 2.78 bits per heavy atom. The summed E-state index contributed by atoms with van der Waals surface area (Å²) in [7, 11) is 0. The Kier molecular flexibility index (Phi) is 6.08. The number of rotatable bonds is 4. The highest BCUT2D eigenvalue weighted by Crippen LogP contribution is 2.36. The van der Waals surface area contributed by atoms with E-state index in [2.05, 4.69) is 37.1 Å². The van der Waals surface area contributed by atoms with Crippen molar-refractivity contribution in [2.75, 3.05) is 11.9 Å². The van der Waals surface area contributed by atoms with Crippen LogP contribution in [0.4, 0.5) is 5.00 Å². The van der Waals surface area contributed by atoms with Crippen LogP contribution < -0.4 is 5.32 Å². The van der Waals surface area contributed by atoms with E-state index in [1.54, 1.807) is 17.7 Å². The minimum atomic E-state index is -1.50. The highest BCUT2D eigenvalue weighted by Gasteiger charge is 2.27. The van der Waals surface area contributed by atoms with Gasteiger partial charge in [0.1, 0.15) is 17.0 Å². The lowest BCUT2D eigenvalue weighted by Gasteiger charge is -2.14. The molecular weight excluding hydrogens is 362 g/mol. The van der Waals surface area contributed by atoms with Crippen LogP contribution in [-0.2, 0) is 0 Å². The number of nitrogens with zero attached hydrogens (tertiary/aromatic N) is 4. The SMILES string of the molecule is CC(C)(O)O.Cc1ncnc2c1ccn2[C@H]1CC[C@@H](CNc2cncs2)C1.